The lowest BCUT2D eigenvalue weighted by Gasteiger charge is -2.11. The van der Waals surface area contributed by atoms with Crippen LogP contribution in [0.15, 0.2) is 66.9 Å². The van der Waals surface area contributed by atoms with Crippen molar-refractivity contribution in [3.05, 3.63) is 72.6 Å². The van der Waals surface area contributed by atoms with Gasteiger partial charge in [-0.15, -0.1) is 0 Å². The Labute approximate surface area is 147 Å². The lowest BCUT2D eigenvalue weighted by atomic mass is 10.1. The molecule has 2 N–H and O–H groups in total. The van der Waals surface area contributed by atoms with E-state index >= 15 is 0 Å². The molecule has 1 heterocycles. The Morgan fingerprint density at radius 1 is 0.920 bits per heavy atom. The number of carbonyl (C=O) groups excluding carboxylic acids is 1. The van der Waals surface area contributed by atoms with Crippen molar-refractivity contribution in [1.82, 2.24) is 15.6 Å². The maximum Gasteiger partial charge on any atom is 0.314 e. The van der Waals surface area contributed by atoms with Crippen molar-refractivity contribution in [3.63, 3.8) is 0 Å². The number of aromatic nitrogens is 1. The minimum atomic E-state index is -0.197. The zero-order chi connectivity index (χ0) is 17.3. The van der Waals surface area contributed by atoms with E-state index in [2.05, 4.69) is 27.8 Å². The first-order chi connectivity index (χ1) is 12.3. The normalized spacial score (nSPS) is 10.4. The lowest BCUT2D eigenvalue weighted by Crippen LogP contribution is -2.38. The Hall–Kier alpha value is -3.08. The van der Waals surface area contributed by atoms with E-state index < -0.39 is 0 Å². The molecule has 0 spiro atoms. The highest BCUT2D eigenvalue weighted by atomic mass is 16.5. The average molecular weight is 335 g/mol. The molecular formula is C20H21N3O2. The van der Waals surface area contributed by atoms with Crippen molar-refractivity contribution < 1.29 is 9.53 Å². The Morgan fingerprint density at radius 2 is 1.72 bits per heavy atom. The van der Waals surface area contributed by atoms with Gasteiger partial charge in [0.15, 0.2) is 0 Å². The molecule has 1 aromatic heterocycles. The Morgan fingerprint density at radius 3 is 2.60 bits per heavy atom. The van der Waals surface area contributed by atoms with Gasteiger partial charge in [-0.1, -0.05) is 42.5 Å². The Bertz CT molecular complexity index is 816. The Kier molecular flexibility index (Phi) is 5.82. The summed E-state index contributed by atoms with van der Waals surface area (Å²) in [7, 11) is 0. The highest BCUT2D eigenvalue weighted by Crippen LogP contribution is 2.24. The highest BCUT2D eigenvalue weighted by Gasteiger charge is 2.03. The molecule has 0 saturated carbocycles. The molecule has 0 bridgehead atoms. The van der Waals surface area contributed by atoms with Gasteiger partial charge < -0.3 is 15.4 Å². The maximum absolute atomic E-state index is 11.8. The van der Waals surface area contributed by atoms with E-state index in [0.29, 0.717) is 26.1 Å². The number of urea groups is 1. The van der Waals surface area contributed by atoms with Gasteiger partial charge in [-0.2, -0.15) is 0 Å². The second kappa shape index (κ2) is 8.68. The summed E-state index contributed by atoms with van der Waals surface area (Å²) < 4.78 is 5.79. The summed E-state index contributed by atoms with van der Waals surface area (Å²) in [6.07, 6.45) is 2.46. The van der Waals surface area contributed by atoms with Gasteiger partial charge >= 0.3 is 6.03 Å². The molecule has 5 nitrogen and oxygen atoms in total. The summed E-state index contributed by atoms with van der Waals surface area (Å²) in [5, 5.41) is 7.82. The lowest BCUT2D eigenvalue weighted by molar-refractivity contribution is 0.237. The number of nitrogens with zero attached hydrogens (tertiary/aromatic N) is 1. The summed E-state index contributed by atoms with van der Waals surface area (Å²) >= 11 is 0. The number of rotatable bonds is 7. The summed E-state index contributed by atoms with van der Waals surface area (Å²) in [5.74, 6) is 0.829. The first kappa shape index (κ1) is 16.8. The number of hydrogen-bond acceptors (Lipinski definition) is 3. The molecule has 2 amide bonds. The Balaban J connectivity index is 1.37. The molecule has 5 heteroatoms. The van der Waals surface area contributed by atoms with Crippen molar-refractivity contribution >= 4 is 16.8 Å². The van der Waals surface area contributed by atoms with E-state index in [4.69, 9.17) is 4.74 Å². The monoisotopic (exact) mass is 335 g/mol. The summed E-state index contributed by atoms with van der Waals surface area (Å²) in [5.41, 5.74) is 0.960. The van der Waals surface area contributed by atoms with E-state index in [1.165, 1.54) is 0 Å². The first-order valence-electron chi connectivity index (χ1n) is 8.35. The van der Waals surface area contributed by atoms with E-state index in [0.717, 1.165) is 22.2 Å². The van der Waals surface area contributed by atoms with Gasteiger partial charge in [-0.3, -0.25) is 4.98 Å². The van der Waals surface area contributed by atoms with Crippen LogP contribution in [-0.2, 0) is 6.42 Å². The third-order valence-electron chi connectivity index (χ3n) is 3.79. The SMILES string of the molecule is O=C(NCCOc1cccc2ccccc12)NCCc1ccccn1. The van der Waals surface area contributed by atoms with Gasteiger partial charge in [0.05, 0.1) is 6.54 Å². The van der Waals surface area contributed by atoms with Crippen molar-refractivity contribution in [3.8, 4) is 5.75 Å². The minimum Gasteiger partial charge on any atom is -0.491 e. The van der Waals surface area contributed by atoms with Crippen LogP contribution >= 0.6 is 0 Å². The van der Waals surface area contributed by atoms with Crippen LogP contribution in [0.2, 0.25) is 0 Å². The quantitative estimate of drug-likeness (QED) is 0.652. The standard InChI is InChI=1S/C20H21N3O2/c24-20(22-13-11-17-8-3-4-12-21-17)23-14-15-25-19-10-5-7-16-6-1-2-9-18(16)19/h1-10,12H,11,13-15H2,(H2,22,23,24). The fourth-order valence-corrected chi connectivity index (χ4v) is 2.56. The molecule has 0 aliphatic carbocycles. The molecule has 0 aliphatic heterocycles. The smallest absolute Gasteiger partial charge is 0.314 e. The van der Waals surface area contributed by atoms with E-state index in [-0.39, 0.29) is 6.03 Å². The average Bonchev–Trinajstić information content (AvgIpc) is 2.66. The predicted molar refractivity (Wildman–Crippen MR) is 98.8 cm³/mol. The van der Waals surface area contributed by atoms with Crippen molar-refractivity contribution in [2.75, 3.05) is 19.7 Å². The second-order valence-electron chi connectivity index (χ2n) is 5.58. The number of benzene rings is 2. The first-order valence-corrected chi connectivity index (χ1v) is 8.35. The zero-order valence-corrected chi connectivity index (χ0v) is 13.9. The van der Waals surface area contributed by atoms with E-state index in [1.807, 2.05) is 48.5 Å². The van der Waals surface area contributed by atoms with E-state index in [9.17, 15) is 4.79 Å². The molecule has 0 radical (unpaired) electrons. The van der Waals surface area contributed by atoms with Crippen LogP contribution in [0.5, 0.6) is 5.75 Å². The zero-order valence-electron chi connectivity index (χ0n) is 13.9. The molecule has 0 aliphatic rings. The molecule has 0 atom stereocenters. The van der Waals surface area contributed by atoms with Gasteiger partial charge in [0.2, 0.25) is 0 Å². The molecule has 3 rings (SSSR count). The minimum absolute atomic E-state index is 0.197. The summed E-state index contributed by atoms with van der Waals surface area (Å²) in [6, 6.07) is 19.6. The van der Waals surface area contributed by atoms with Crippen molar-refractivity contribution in [2.24, 2.45) is 0 Å². The fraction of sp³-hybridized carbons (Fsp3) is 0.200. The summed E-state index contributed by atoms with van der Waals surface area (Å²) in [4.78, 5) is 16.0. The number of pyridine rings is 1. The molecule has 25 heavy (non-hydrogen) atoms. The number of carbonyl (C=O) groups is 1. The maximum atomic E-state index is 11.8. The molecule has 0 saturated heterocycles. The van der Waals surface area contributed by atoms with Crippen molar-refractivity contribution in [2.45, 2.75) is 6.42 Å². The molecule has 0 unspecified atom stereocenters. The van der Waals surface area contributed by atoms with Gasteiger partial charge in [0, 0.05) is 30.2 Å². The third-order valence-corrected chi connectivity index (χ3v) is 3.79. The van der Waals surface area contributed by atoms with Crippen LogP contribution in [0.3, 0.4) is 0 Å². The van der Waals surface area contributed by atoms with Crippen LogP contribution in [0.25, 0.3) is 10.8 Å². The topological polar surface area (TPSA) is 63.2 Å². The van der Waals surface area contributed by atoms with Crippen LogP contribution < -0.4 is 15.4 Å². The van der Waals surface area contributed by atoms with Gasteiger partial charge in [-0.25, -0.2) is 4.79 Å². The van der Waals surface area contributed by atoms with Crippen LogP contribution in [0.1, 0.15) is 5.69 Å². The second-order valence-corrected chi connectivity index (χ2v) is 5.58. The number of ether oxygens (including phenoxy) is 1. The summed E-state index contributed by atoms with van der Waals surface area (Å²) in [6.45, 7) is 1.41. The van der Waals surface area contributed by atoms with Gasteiger partial charge in [-0.05, 0) is 23.6 Å². The molecular weight excluding hydrogens is 314 g/mol. The number of nitrogens with one attached hydrogen (secondary N) is 2. The molecule has 128 valence electrons. The largest absolute Gasteiger partial charge is 0.491 e. The number of fused-ring (bicyclic) bond motifs is 1. The molecule has 3 aromatic rings. The predicted octanol–water partition coefficient (Wildman–Crippen LogP) is 3.16. The van der Waals surface area contributed by atoms with E-state index in [1.54, 1.807) is 6.20 Å². The van der Waals surface area contributed by atoms with Crippen LogP contribution in [0.4, 0.5) is 4.79 Å². The van der Waals surface area contributed by atoms with Crippen LogP contribution in [-0.4, -0.2) is 30.7 Å². The molecule has 2 aromatic carbocycles. The van der Waals surface area contributed by atoms with Crippen molar-refractivity contribution in [1.29, 1.82) is 0 Å². The number of amides is 2. The molecule has 0 fully saturated rings. The van der Waals surface area contributed by atoms with Gasteiger partial charge in [0.25, 0.3) is 0 Å². The number of hydrogen-bond donors (Lipinski definition) is 2. The van der Waals surface area contributed by atoms with Crippen LogP contribution in [0, 0.1) is 0 Å². The third kappa shape index (κ3) is 4.94. The highest BCUT2D eigenvalue weighted by molar-refractivity contribution is 5.88. The van der Waals surface area contributed by atoms with Gasteiger partial charge in [0.1, 0.15) is 12.4 Å². The fourth-order valence-electron chi connectivity index (χ4n) is 2.56.